The number of rotatable bonds is 33. The van der Waals surface area contributed by atoms with Crippen LogP contribution in [0, 0.1) is 0 Å². The van der Waals surface area contributed by atoms with Gasteiger partial charge in [-0.15, -0.1) is 0 Å². The van der Waals surface area contributed by atoms with E-state index in [4.69, 9.17) is 23.7 Å². The predicted octanol–water partition coefficient (Wildman–Crippen LogP) is 6.20. The first-order valence-corrected chi connectivity index (χ1v) is 33.3. The Balaban J connectivity index is 1.45. The molecule has 29 heteroatoms. The van der Waals surface area contributed by atoms with Crippen molar-refractivity contribution in [3.8, 4) is 0 Å². The van der Waals surface area contributed by atoms with Crippen molar-refractivity contribution in [2.45, 2.75) is 96.1 Å². The van der Waals surface area contributed by atoms with Gasteiger partial charge in [0.2, 0.25) is 5.69 Å². The van der Waals surface area contributed by atoms with Crippen molar-refractivity contribution in [3.63, 3.8) is 0 Å². The number of fused-ring (bicyclic) bond motifs is 6. The number of carboxylic acid groups (broad SMARTS) is 1. The van der Waals surface area contributed by atoms with E-state index in [-0.39, 0.29) is 86.7 Å². The van der Waals surface area contributed by atoms with E-state index in [0.29, 0.717) is 98.3 Å². The monoisotopic (exact) mass is 1240 g/mol. The molecule has 0 aromatic heterocycles. The molecule has 4 aromatic rings. The van der Waals surface area contributed by atoms with Crippen LogP contribution in [0.15, 0.2) is 104 Å². The van der Waals surface area contributed by atoms with Gasteiger partial charge in [0, 0.05) is 78.4 Å². The lowest BCUT2D eigenvalue weighted by molar-refractivity contribution is -0.438. The standard InChI is InChI=1S/C53H68N2O22S5/c1-5-54-43-18-16-39-41(33-37(79(61,62)63)35-45(39)81(67,68)69)50(43)52(2,20-12-32-78(58,59)60)47(54)13-8-6-9-14-48-53(3,21-23-74-26-27-76-30-31-77-29-28-75-25-24-73-4)51-42-34-38(80(64,65)66)36-46(82(70,71)72)40(42)17-19-44(51)55(48)22-11-7-10-15-49(56)57/h6,8-9,13-14,16-19,33-36H,5,7,10-12,15,20-32H2,1-4H3,(H5-,56,57,58,59,60,61,62,63,64,65,66,67,68,69,70,71,72). The van der Waals surface area contributed by atoms with Crippen molar-refractivity contribution in [2.75, 3.05) is 90.3 Å². The molecule has 0 fully saturated rings. The van der Waals surface area contributed by atoms with Crippen molar-refractivity contribution in [2.24, 2.45) is 0 Å². The first-order valence-electron chi connectivity index (χ1n) is 25.9. The fourth-order valence-corrected chi connectivity index (χ4v) is 13.8. The minimum absolute atomic E-state index is 0.00806. The highest BCUT2D eigenvalue weighted by Crippen LogP contribution is 2.54. The van der Waals surface area contributed by atoms with Crippen molar-refractivity contribution >= 4 is 95.2 Å². The highest BCUT2D eigenvalue weighted by molar-refractivity contribution is 7.87. The average Bonchev–Trinajstić information content (AvgIpc) is 1.66. The summed E-state index contributed by atoms with van der Waals surface area (Å²) in [6.45, 7) is 8.41. The fraction of sp³-hybridized carbons (Fsp3) is 0.472. The quantitative estimate of drug-likeness (QED) is 0.0153. The van der Waals surface area contributed by atoms with E-state index >= 15 is 0 Å². The van der Waals surface area contributed by atoms with Crippen LogP contribution in [0.1, 0.15) is 76.8 Å². The van der Waals surface area contributed by atoms with Gasteiger partial charge in [-0.25, -0.2) is 8.42 Å². The zero-order chi connectivity index (χ0) is 60.5. The molecule has 2 heterocycles. The van der Waals surface area contributed by atoms with Gasteiger partial charge in [0.1, 0.15) is 21.6 Å². The number of likely N-dealkylation sites (N-methyl/N-ethyl adjacent to an activating group) is 1. The SMILES string of the molecule is CCN1C(=CC=CC=CC2=[N+](CCCCCC(=O)O)c3ccc4c(S(=O)(=O)[O-])cc(S(=O)(=O)O)cc4c3C2(C)CCOCCOCCOCCOCCOC)C(C)(CCCS(=O)(=O)O)c2c1ccc1c(S(=O)(=O)O)cc(S(=O)(=O)O)cc21. The number of benzene rings is 4. The van der Waals surface area contributed by atoms with Crippen molar-refractivity contribution in [3.05, 3.63) is 95.7 Å². The van der Waals surface area contributed by atoms with Gasteiger partial charge in [0.25, 0.3) is 40.5 Å². The zero-order valence-electron chi connectivity index (χ0n) is 45.6. The molecule has 2 aliphatic heterocycles. The van der Waals surface area contributed by atoms with Crippen LogP contribution in [0.2, 0.25) is 0 Å². The highest BCUT2D eigenvalue weighted by Gasteiger charge is 2.49. The third kappa shape index (κ3) is 16.0. The van der Waals surface area contributed by atoms with Gasteiger partial charge in [0.15, 0.2) is 5.71 Å². The summed E-state index contributed by atoms with van der Waals surface area (Å²) in [4.78, 5) is 9.90. The van der Waals surface area contributed by atoms with E-state index in [1.807, 2.05) is 16.4 Å². The lowest BCUT2D eigenvalue weighted by atomic mass is 9.75. The second kappa shape index (κ2) is 27.3. The van der Waals surface area contributed by atoms with E-state index < -0.39 is 92.7 Å². The van der Waals surface area contributed by atoms with Crippen LogP contribution in [0.25, 0.3) is 21.5 Å². The molecule has 4 aromatic carbocycles. The molecular formula is C53H68N2O22S5. The third-order valence-electron chi connectivity index (χ3n) is 14.3. The molecule has 0 radical (unpaired) electrons. The van der Waals surface area contributed by atoms with Crippen LogP contribution in [0.3, 0.4) is 0 Å². The van der Waals surface area contributed by atoms with Crippen LogP contribution >= 0.6 is 0 Å². The number of ether oxygens (including phenoxy) is 5. The summed E-state index contributed by atoms with van der Waals surface area (Å²) >= 11 is 0. The highest BCUT2D eigenvalue weighted by atomic mass is 32.2. The van der Waals surface area contributed by atoms with Gasteiger partial charge in [-0.05, 0) is 112 Å². The second-order valence-electron chi connectivity index (χ2n) is 19.9. The summed E-state index contributed by atoms with van der Waals surface area (Å²) in [5, 5.41) is 9.19. The van der Waals surface area contributed by atoms with Gasteiger partial charge in [0.05, 0.1) is 78.7 Å². The normalized spacial score (nSPS) is 18.5. The number of hydrogen-bond donors (Lipinski definition) is 5. The van der Waals surface area contributed by atoms with Gasteiger partial charge in [-0.2, -0.15) is 38.2 Å². The van der Waals surface area contributed by atoms with E-state index in [1.165, 1.54) is 12.1 Å². The number of carbonyl (C=O) groups is 1. The Kier molecular flexibility index (Phi) is 22.0. The molecule has 0 bridgehead atoms. The first kappa shape index (κ1) is 66.1. The zero-order valence-corrected chi connectivity index (χ0v) is 49.6. The van der Waals surface area contributed by atoms with Gasteiger partial charge in [-0.3, -0.25) is 23.0 Å². The Morgan fingerprint density at radius 1 is 0.622 bits per heavy atom. The Morgan fingerprint density at radius 2 is 1.17 bits per heavy atom. The molecule has 0 saturated carbocycles. The number of nitrogens with zero attached hydrogens (tertiary/aromatic N) is 2. The van der Waals surface area contributed by atoms with Crippen LogP contribution < -0.4 is 4.90 Å². The molecule has 2 unspecified atom stereocenters. The maximum atomic E-state index is 12.8. The van der Waals surface area contributed by atoms with Crippen LogP contribution in [0.5, 0.6) is 0 Å². The molecule has 2 aliphatic rings. The Labute approximate surface area is 477 Å². The molecule has 0 amide bonds. The molecule has 0 spiro atoms. The average molecular weight is 1250 g/mol. The van der Waals surface area contributed by atoms with E-state index in [2.05, 4.69) is 0 Å². The fourth-order valence-electron chi connectivity index (χ4n) is 10.7. The first-order chi connectivity index (χ1) is 38.4. The Bertz CT molecular complexity index is 3750. The molecule has 452 valence electrons. The summed E-state index contributed by atoms with van der Waals surface area (Å²) in [5.74, 6) is -1.66. The maximum Gasteiger partial charge on any atom is 0.303 e. The van der Waals surface area contributed by atoms with Gasteiger partial charge in [-0.1, -0.05) is 24.3 Å². The molecule has 6 rings (SSSR count). The predicted molar refractivity (Wildman–Crippen MR) is 301 cm³/mol. The van der Waals surface area contributed by atoms with Crippen molar-refractivity contribution in [1.29, 1.82) is 0 Å². The summed E-state index contributed by atoms with van der Waals surface area (Å²) in [5.41, 5.74) is 0.289. The summed E-state index contributed by atoms with van der Waals surface area (Å²) in [6, 6.07) is 9.30. The second-order valence-corrected chi connectivity index (χ2v) is 27.0. The maximum absolute atomic E-state index is 12.8. The topological polar surface area (TPSA) is 364 Å². The van der Waals surface area contributed by atoms with Gasteiger partial charge < -0.3 is 38.2 Å². The van der Waals surface area contributed by atoms with Crippen LogP contribution in [0.4, 0.5) is 11.4 Å². The number of carboxylic acids is 1. The van der Waals surface area contributed by atoms with Crippen molar-refractivity contribution in [1.82, 2.24) is 0 Å². The number of anilines is 1. The minimum atomic E-state index is -5.35. The minimum Gasteiger partial charge on any atom is -0.744 e. The van der Waals surface area contributed by atoms with Crippen molar-refractivity contribution < 1.29 is 103 Å². The summed E-state index contributed by atoms with van der Waals surface area (Å²) in [6.07, 6.45) is 9.60. The molecule has 24 nitrogen and oxygen atoms in total. The largest absolute Gasteiger partial charge is 0.744 e. The van der Waals surface area contributed by atoms with E-state index in [0.717, 1.165) is 12.1 Å². The molecule has 2 atom stereocenters. The number of allylic oxidation sites excluding steroid dienone is 6. The lowest BCUT2D eigenvalue weighted by Crippen LogP contribution is -2.33. The molecular weight excluding hydrogens is 1180 g/mol. The smallest absolute Gasteiger partial charge is 0.303 e. The molecule has 0 saturated heterocycles. The Hall–Kier alpha value is -5.09. The number of methoxy groups -OCH3 is 1. The molecule has 5 N–H and O–H groups in total. The van der Waals surface area contributed by atoms with Crippen LogP contribution in [-0.2, 0) is 89.9 Å². The Morgan fingerprint density at radius 3 is 1.71 bits per heavy atom. The van der Waals surface area contributed by atoms with E-state index in [9.17, 15) is 74.8 Å². The lowest BCUT2D eigenvalue weighted by Gasteiger charge is -2.30. The van der Waals surface area contributed by atoms with Gasteiger partial charge >= 0.3 is 5.97 Å². The summed E-state index contributed by atoms with van der Waals surface area (Å²) in [7, 11) is -23.5. The molecule has 82 heavy (non-hydrogen) atoms. The van der Waals surface area contributed by atoms with E-state index in [1.54, 1.807) is 63.5 Å². The third-order valence-corrected chi connectivity index (χ3v) is 18.6. The number of aliphatic carboxylic acids is 1. The molecule has 0 aliphatic carbocycles. The summed E-state index contributed by atoms with van der Waals surface area (Å²) < 4.78 is 209. The number of hydrogen-bond acceptors (Lipinski definition) is 18. The number of unbranched alkanes of at least 4 members (excludes halogenated alkanes) is 2. The van der Waals surface area contributed by atoms with Crippen LogP contribution in [-0.4, -0.2) is 172 Å².